The number of ether oxygens (including phenoxy) is 6. The second kappa shape index (κ2) is 22.6. The minimum atomic E-state index is -0.0919. The summed E-state index contributed by atoms with van der Waals surface area (Å²) < 4.78 is 33.8. The molecule has 0 aliphatic heterocycles. The predicted octanol–water partition coefficient (Wildman–Crippen LogP) is 14.7. The van der Waals surface area contributed by atoms with Crippen molar-refractivity contribution < 1.29 is 38.6 Å². The van der Waals surface area contributed by atoms with Crippen molar-refractivity contribution in [3.05, 3.63) is 215 Å². The monoisotopic (exact) mass is 982 g/mol. The molecule has 0 amide bonds. The van der Waals surface area contributed by atoms with Crippen molar-refractivity contribution in [2.75, 3.05) is 55.9 Å². The van der Waals surface area contributed by atoms with Crippen molar-refractivity contribution in [2.24, 2.45) is 0 Å². The number of aliphatic hydroxyl groups is 2. The van der Waals surface area contributed by atoms with Crippen LogP contribution in [0, 0.1) is 0 Å². The highest BCUT2D eigenvalue weighted by atomic mass is 16.5. The van der Waals surface area contributed by atoms with Crippen LogP contribution in [0.1, 0.15) is 59.1 Å². The second-order valence-electron chi connectivity index (χ2n) is 17.9. The molecule has 374 valence electrons. The van der Waals surface area contributed by atoms with Crippen LogP contribution in [-0.2, 0) is 0 Å². The SMILES string of the molecule is CCO.CCO.COc1ccc(-c2cc3c(cc2-c2ccc(OC)cc2)C2c4cc(-c5ccc(OC)cc5)c(-c5ccc(OC)cc5)cc4C3c3cc(-c4ccc(OC)cc4)c(-c4ccc(OC)cc4)cc32)cc1. The van der Waals surface area contributed by atoms with E-state index >= 15 is 0 Å². The summed E-state index contributed by atoms with van der Waals surface area (Å²) in [7, 11) is 10.3. The summed E-state index contributed by atoms with van der Waals surface area (Å²) in [6.07, 6.45) is 0. The second-order valence-corrected chi connectivity index (χ2v) is 17.9. The summed E-state index contributed by atoms with van der Waals surface area (Å²) in [6, 6.07) is 65.4. The molecule has 0 radical (unpaired) electrons. The van der Waals surface area contributed by atoms with Crippen LogP contribution in [-0.4, -0.2) is 66.1 Å². The summed E-state index contributed by atoms with van der Waals surface area (Å²) in [4.78, 5) is 0. The van der Waals surface area contributed by atoms with Crippen molar-refractivity contribution in [3.63, 3.8) is 0 Å². The minimum Gasteiger partial charge on any atom is -0.497 e. The first-order chi connectivity index (χ1) is 36.2. The molecule has 2 N–H and O–H groups in total. The van der Waals surface area contributed by atoms with Crippen molar-refractivity contribution in [2.45, 2.75) is 25.7 Å². The number of benzene rings is 9. The Hall–Kier alpha value is -8.30. The zero-order chi connectivity index (χ0) is 51.9. The molecule has 0 spiro atoms. The maximum absolute atomic E-state index is 7.57. The van der Waals surface area contributed by atoms with Gasteiger partial charge in [-0.15, -0.1) is 0 Å². The lowest BCUT2D eigenvalue weighted by Crippen LogP contribution is -2.28. The molecular weight excluding hydrogens is 921 g/mol. The summed E-state index contributed by atoms with van der Waals surface area (Å²) in [5.41, 5.74) is 21.4. The fourth-order valence-electron chi connectivity index (χ4n) is 10.5. The molecule has 3 aliphatic carbocycles. The van der Waals surface area contributed by atoms with Gasteiger partial charge in [0.25, 0.3) is 0 Å². The number of rotatable bonds is 12. The van der Waals surface area contributed by atoms with Gasteiger partial charge in [-0.2, -0.15) is 0 Å². The van der Waals surface area contributed by atoms with E-state index < -0.39 is 0 Å². The molecule has 0 saturated carbocycles. The molecule has 3 aliphatic rings. The number of hydrogen-bond donors (Lipinski definition) is 2. The highest BCUT2D eigenvalue weighted by Gasteiger charge is 2.43. The van der Waals surface area contributed by atoms with Crippen molar-refractivity contribution in [3.8, 4) is 101 Å². The van der Waals surface area contributed by atoms with E-state index in [9.17, 15) is 0 Å². The third-order valence-electron chi connectivity index (χ3n) is 13.9. The predicted molar refractivity (Wildman–Crippen MR) is 299 cm³/mol. The van der Waals surface area contributed by atoms with Gasteiger partial charge in [-0.25, -0.2) is 0 Å². The molecule has 8 heteroatoms. The Balaban J connectivity index is 0.00000107. The van der Waals surface area contributed by atoms with E-state index in [1.54, 1.807) is 56.5 Å². The summed E-state index contributed by atoms with van der Waals surface area (Å²) in [5, 5.41) is 15.1. The quantitative estimate of drug-likeness (QED) is 0.125. The van der Waals surface area contributed by atoms with E-state index in [-0.39, 0.29) is 25.0 Å². The smallest absolute Gasteiger partial charge is 0.118 e. The first-order valence-electron chi connectivity index (χ1n) is 24.8. The fraction of sp³-hybridized carbons (Fsp3) is 0.182. The topological polar surface area (TPSA) is 95.8 Å². The van der Waals surface area contributed by atoms with Crippen molar-refractivity contribution in [1.29, 1.82) is 0 Å². The van der Waals surface area contributed by atoms with Gasteiger partial charge in [-0.05, 0) is 223 Å². The van der Waals surface area contributed by atoms with E-state index in [0.717, 1.165) is 101 Å². The molecule has 0 fully saturated rings. The van der Waals surface area contributed by atoms with Crippen LogP contribution in [0.3, 0.4) is 0 Å². The molecular formula is C66H62O8. The Labute approximate surface area is 435 Å². The van der Waals surface area contributed by atoms with Gasteiger partial charge in [-0.3, -0.25) is 0 Å². The van der Waals surface area contributed by atoms with E-state index in [1.807, 2.05) is 72.8 Å². The Bertz CT molecular complexity index is 2760. The Kier molecular flexibility index (Phi) is 15.5. The molecule has 74 heavy (non-hydrogen) atoms. The Morgan fingerprint density at radius 1 is 0.257 bits per heavy atom. The molecule has 2 bridgehead atoms. The van der Waals surface area contributed by atoms with Gasteiger partial charge < -0.3 is 38.6 Å². The molecule has 0 heterocycles. The lowest BCUT2D eigenvalue weighted by molar-refractivity contribution is 0.318. The van der Waals surface area contributed by atoms with Gasteiger partial charge in [0.15, 0.2) is 0 Å². The van der Waals surface area contributed by atoms with Crippen LogP contribution in [0.4, 0.5) is 0 Å². The molecule has 0 unspecified atom stereocenters. The van der Waals surface area contributed by atoms with E-state index in [4.69, 9.17) is 38.6 Å². The molecule has 9 aromatic carbocycles. The fourth-order valence-corrected chi connectivity index (χ4v) is 10.5. The van der Waals surface area contributed by atoms with Gasteiger partial charge in [-0.1, -0.05) is 72.8 Å². The largest absolute Gasteiger partial charge is 0.497 e. The van der Waals surface area contributed by atoms with E-state index in [0.29, 0.717) is 0 Å². The van der Waals surface area contributed by atoms with Crippen LogP contribution in [0.25, 0.3) is 66.8 Å². The first kappa shape index (κ1) is 50.6. The first-order valence-corrected chi connectivity index (χ1v) is 24.8. The highest BCUT2D eigenvalue weighted by Crippen LogP contribution is 2.60. The summed E-state index contributed by atoms with van der Waals surface area (Å²) in [6.45, 7) is 3.86. The van der Waals surface area contributed by atoms with Crippen LogP contribution >= 0.6 is 0 Å². The van der Waals surface area contributed by atoms with Gasteiger partial charge in [0.2, 0.25) is 0 Å². The number of aliphatic hydroxyl groups excluding tert-OH is 2. The normalized spacial score (nSPS) is 13.4. The van der Waals surface area contributed by atoms with Gasteiger partial charge in [0.1, 0.15) is 34.5 Å². The van der Waals surface area contributed by atoms with Gasteiger partial charge in [0.05, 0.1) is 42.7 Å². The molecule has 9 aromatic rings. The Morgan fingerprint density at radius 2 is 0.378 bits per heavy atom. The van der Waals surface area contributed by atoms with Crippen molar-refractivity contribution in [1.82, 2.24) is 0 Å². The molecule has 0 atom stereocenters. The maximum Gasteiger partial charge on any atom is 0.118 e. The van der Waals surface area contributed by atoms with Crippen LogP contribution in [0.15, 0.2) is 182 Å². The average Bonchev–Trinajstić information content (AvgIpc) is 3.46. The highest BCUT2D eigenvalue weighted by molar-refractivity contribution is 5.92. The van der Waals surface area contributed by atoms with Gasteiger partial charge in [0, 0.05) is 25.0 Å². The molecule has 12 rings (SSSR count). The number of methoxy groups -OCH3 is 6. The molecule has 0 saturated heterocycles. The van der Waals surface area contributed by atoms with Crippen LogP contribution in [0.5, 0.6) is 34.5 Å². The summed E-state index contributed by atoms with van der Waals surface area (Å²) >= 11 is 0. The van der Waals surface area contributed by atoms with Gasteiger partial charge >= 0.3 is 0 Å². The lowest BCUT2D eigenvalue weighted by Gasteiger charge is -2.44. The van der Waals surface area contributed by atoms with E-state index in [1.165, 1.54) is 33.4 Å². The zero-order valence-corrected chi connectivity index (χ0v) is 43.2. The standard InChI is InChI=1S/C62H50O6.2C2H6O/c1-63-43-19-7-37(8-20-43)49-31-55-56(32-50(49)38-9-21-44(64-2)22-10-38)62-59-35-53(41-15-27-47(67-5)28-16-41)51(39-11-23-45(65-3)24-12-39)33-57(59)61(55)58-34-52(40-13-25-46(66-4)26-14-40)54(36-60(58)62)42-17-29-48(68-6)30-18-42;2*1-2-3/h7-36,61-62H,1-6H3;2*3H,2H2,1H3. The van der Waals surface area contributed by atoms with Crippen molar-refractivity contribution >= 4 is 0 Å². The number of hydrogen-bond acceptors (Lipinski definition) is 8. The molecule has 8 nitrogen and oxygen atoms in total. The van der Waals surface area contributed by atoms with Crippen LogP contribution < -0.4 is 28.4 Å². The lowest BCUT2D eigenvalue weighted by atomic mass is 9.59. The average molecular weight is 983 g/mol. The Morgan fingerprint density at radius 3 is 0.486 bits per heavy atom. The maximum atomic E-state index is 7.57. The molecule has 0 aromatic heterocycles. The van der Waals surface area contributed by atoms with E-state index in [2.05, 4.69) is 109 Å². The summed E-state index contributed by atoms with van der Waals surface area (Å²) in [5.74, 6) is 4.72. The third kappa shape index (κ3) is 9.82. The minimum absolute atomic E-state index is 0.0919. The van der Waals surface area contributed by atoms with Crippen LogP contribution in [0.2, 0.25) is 0 Å². The zero-order valence-electron chi connectivity index (χ0n) is 43.2. The third-order valence-corrected chi connectivity index (χ3v) is 13.9.